The molecule has 1 aromatic carbocycles. The summed E-state index contributed by atoms with van der Waals surface area (Å²) in [4.78, 5) is 11.5. The summed E-state index contributed by atoms with van der Waals surface area (Å²) in [6.07, 6.45) is 18.1. The zero-order valence-corrected chi connectivity index (χ0v) is 16.3. The quantitative estimate of drug-likeness (QED) is 0.649. The summed E-state index contributed by atoms with van der Waals surface area (Å²) in [5.74, 6) is 1.48. The molecule has 3 nitrogen and oxygen atoms in total. The average molecular weight is 376 g/mol. The lowest BCUT2D eigenvalue weighted by Gasteiger charge is -2.21. The predicted molar refractivity (Wildman–Crippen MR) is 111 cm³/mol. The first-order valence-electron chi connectivity index (χ1n) is 10.3. The smallest absolute Gasteiger partial charge is 0.306 e. The Morgan fingerprint density at radius 1 is 1.18 bits per heavy atom. The van der Waals surface area contributed by atoms with Crippen LogP contribution in [0.4, 0.5) is 0 Å². The third kappa shape index (κ3) is 4.46. The zero-order chi connectivity index (χ0) is 19.5. The van der Waals surface area contributed by atoms with Crippen molar-refractivity contribution in [3.8, 4) is 5.75 Å². The van der Waals surface area contributed by atoms with Crippen LogP contribution < -0.4 is 4.74 Å². The first-order chi connectivity index (χ1) is 13.6. The number of aliphatic carboxylic acids is 1. The molecule has 4 rings (SSSR count). The van der Waals surface area contributed by atoms with Gasteiger partial charge in [-0.2, -0.15) is 0 Å². The summed E-state index contributed by atoms with van der Waals surface area (Å²) < 4.78 is 6.11. The van der Waals surface area contributed by atoms with Gasteiger partial charge in [0, 0.05) is 5.92 Å². The second kappa shape index (κ2) is 8.22. The van der Waals surface area contributed by atoms with Gasteiger partial charge in [-0.3, -0.25) is 4.79 Å². The van der Waals surface area contributed by atoms with Gasteiger partial charge in [0.25, 0.3) is 0 Å². The molecular formula is C25H28O3. The molecule has 2 saturated carbocycles. The molecule has 3 heteroatoms. The van der Waals surface area contributed by atoms with Gasteiger partial charge in [0.15, 0.2) is 0 Å². The number of carbonyl (C=O) groups is 1. The van der Waals surface area contributed by atoms with Gasteiger partial charge in [-0.05, 0) is 60.3 Å². The topological polar surface area (TPSA) is 46.5 Å². The van der Waals surface area contributed by atoms with Crippen molar-refractivity contribution in [3.63, 3.8) is 0 Å². The summed E-state index contributed by atoms with van der Waals surface area (Å²) >= 11 is 0. The maximum Gasteiger partial charge on any atom is 0.306 e. The number of rotatable bonds is 8. The molecule has 28 heavy (non-hydrogen) atoms. The first-order valence-corrected chi connectivity index (χ1v) is 10.3. The Bertz CT molecular complexity index is 841. The van der Waals surface area contributed by atoms with E-state index in [1.807, 2.05) is 25.1 Å². The molecule has 3 aliphatic carbocycles. The normalized spacial score (nSPS) is 30.7. The molecule has 0 heterocycles. The molecule has 4 atom stereocenters. The van der Waals surface area contributed by atoms with Crippen LogP contribution in [0.15, 0.2) is 72.4 Å². The number of hydrogen-bond acceptors (Lipinski definition) is 2. The van der Waals surface area contributed by atoms with Crippen molar-refractivity contribution in [2.45, 2.75) is 32.1 Å². The van der Waals surface area contributed by atoms with E-state index in [9.17, 15) is 9.90 Å². The van der Waals surface area contributed by atoms with E-state index in [0.717, 1.165) is 30.6 Å². The van der Waals surface area contributed by atoms with Gasteiger partial charge in [-0.1, -0.05) is 61.6 Å². The van der Waals surface area contributed by atoms with Gasteiger partial charge in [-0.15, -0.1) is 0 Å². The number of carboxylic acid groups (broad SMARTS) is 1. The standard InChI is InChI=1S/C25H28O3/c1-17(25(26)27)24(19-12-13-19)20-10-7-11-22(14-20)28-16-21-15-23(21)18-8-5-3-2-4-6-9-18/h2-11,14,17,19,21,23-24H,12-13,15-16H2,1H3,(H,26,27)/b3-2-,4-2?,5-3?,6-4-,8-5-,9-6?,18-8?,18-9+/t17-,21?,23+,24-/m0/s1. The fourth-order valence-corrected chi connectivity index (χ4v) is 4.26. The van der Waals surface area contributed by atoms with Crippen molar-refractivity contribution < 1.29 is 14.6 Å². The Kier molecular flexibility index (Phi) is 5.52. The number of hydrogen-bond donors (Lipinski definition) is 1. The Balaban J connectivity index is 1.37. The van der Waals surface area contributed by atoms with Crippen molar-refractivity contribution >= 4 is 5.97 Å². The van der Waals surface area contributed by atoms with E-state index in [2.05, 4.69) is 48.6 Å². The molecular weight excluding hydrogens is 348 g/mol. The highest BCUT2D eigenvalue weighted by atomic mass is 16.5. The van der Waals surface area contributed by atoms with Crippen LogP contribution in [0.5, 0.6) is 5.75 Å². The van der Waals surface area contributed by atoms with E-state index in [1.54, 1.807) is 0 Å². The molecule has 0 spiro atoms. The van der Waals surface area contributed by atoms with E-state index in [4.69, 9.17) is 4.74 Å². The van der Waals surface area contributed by atoms with Gasteiger partial charge >= 0.3 is 5.97 Å². The molecule has 1 N–H and O–H groups in total. The Morgan fingerprint density at radius 3 is 2.75 bits per heavy atom. The third-order valence-corrected chi connectivity index (χ3v) is 6.14. The molecule has 0 bridgehead atoms. The van der Waals surface area contributed by atoms with Crippen molar-refractivity contribution in [2.75, 3.05) is 6.61 Å². The molecule has 0 amide bonds. The third-order valence-electron chi connectivity index (χ3n) is 6.14. The predicted octanol–water partition coefficient (Wildman–Crippen LogP) is 5.52. The monoisotopic (exact) mass is 376 g/mol. The van der Waals surface area contributed by atoms with Crippen LogP contribution >= 0.6 is 0 Å². The molecule has 2 fully saturated rings. The molecule has 0 aromatic heterocycles. The van der Waals surface area contributed by atoms with Crippen LogP contribution in [0, 0.1) is 23.7 Å². The van der Waals surface area contributed by atoms with E-state index in [0.29, 0.717) is 24.4 Å². The minimum absolute atomic E-state index is 0.0831. The van der Waals surface area contributed by atoms with Crippen molar-refractivity contribution in [2.24, 2.45) is 23.7 Å². The molecule has 146 valence electrons. The Labute approximate surface area is 167 Å². The largest absolute Gasteiger partial charge is 0.493 e. The lowest BCUT2D eigenvalue weighted by atomic mass is 9.83. The van der Waals surface area contributed by atoms with Crippen LogP contribution in [0.2, 0.25) is 0 Å². The van der Waals surface area contributed by atoms with Gasteiger partial charge in [0.2, 0.25) is 0 Å². The fourth-order valence-electron chi connectivity index (χ4n) is 4.26. The van der Waals surface area contributed by atoms with Gasteiger partial charge < -0.3 is 9.84 Å². The lowest BCUT2D eigenvalue weighted by Crippen LogP contribution is -2.20. The highest BCUT2D eigenvalue weighted by Crippen LogP contribution is 2.48. The summed E-state index contributed by atoms with van der Waals surface area (Å²) in [6, 6.07) is 8.09. The van der Waals surface area contributed by atoms with Gasteiger partial charge in [0.1, 0.15) is 5.75 Å². The molecule has 1 aromatic rings. The van der Waals surface area contributed by atoms with Crippen LogP contribution in [0.25, 0.3) is 0 Å². The number of benzene rings is 1. The second-order valence-electron chi connectivity index (χ2n) is 8.27. The van der Waals surface area contributed by atoms with Gasteiger partial charge in [0.05, 0.1) is 12.5 Å². The van der Waals surface area contributed by atoms with Crippen LogP contribution in [0.1, 0.15) is 37.7 Å². The molecule has 1 unspecified atom stereocenters. The van der Waals surface area contributed by atoms with Crippen LogP contribution in [-0.4, -0.2) is 17.7 Å². The highest BCUT2D eigenvalue weighted by Gasteiger charge is 2.40. The van der Waals surface area contributed by atoms with Crippen LogP contribution in [-0.2, 0) is 4.79 Å². The summed E-state index contributed by atoms with van der Waals surface area (Å²) in [6.45, 7) is 2.54. The van der Waals surface area contributed by atoms with E-state index in [-0.39, 0.29) is 11.8 Å². The lowest BCUT2D eigenvalue weighted by molar-refractivity contribution is -0.142. The first kappa shape index (κ1) is 18.8. The minimum Gasteiger partial charge on any atom is -0.493 e. The number of allylic oxidation sites excluding steroid dienone is 8. The highest BCUT2D eigenvalue weighted by molar-refractivity contribution is 5.71. The maximum absolute atomic E-state index is 11.5. The SMILES string of the molecule is C[C@H](C(=O)O)[C@H](c1cccc(OCC2C[C@@H]2C2=C/C=C\C=C/C=C\2)c1)C1CC1. The zero-order valence-electron chi connectivity index (χ0n) is 16.3. The summed E-state index contributed by atoms with van der Waals surface area (Å²) in [7, 11) is 0. The molecule has 3 aliphatic rings. The van der Waals surface area contributed by atoms with E-state index < -0.39 is 5.97 Å². The maximum atomic E-state index is 11.5. The van der Waals surface area contributed by atoms with Crippen molar-refractivity contribution in [1.29, 1.82) is 0 Å². The second-order valence-corrected chi connectivity index (χ2v) is 8.27. The Hall–Kier alpha value is -2.55. The minimum atomic E-state index is -0.714. The van der Waals surface area contributed by atoms with E-state index >= 15 is 0 Å². The van der Waals surface area contributed by atoms with E-state index in [1.165, 1.54) is 5.57 Å². The van der Waals surface area contributed by atoms with Crippen LogP contribution in [0.3, 0.4) is 0 Å². The summed E-state index contributed by atoms with van der Waals surface area (Å²) in [5.41, 5.74) is 2.47. The van der Waals surface area contributed by atoms with Crippen molar-refractivity contribution in [3.05, 3.63) is 77.9 Å². The Morgan fingerprint density at radius 2 is 1.96 bits per heavy atom. The van der Waals surface area contributed by atoms with Crippen molar-refractivity contribution in [1.82, 2.24) is 0 Å². The average Bonchev–Trinajstić information content (AvgIpc) is 3.56. The number of carboxylic acids is 1. The molecule has 0 aliphatic heterocycles. The summed E-state index contributed by atoms with van der Waals surface area (Å²) in [5, 5.41) is 9.48. The number of ether oxygens (including phenoxy) is 1. The van der Waals surface area contributed by atoms with Gasteiger partial charge in [-0.25, -0.2) is 0 Å². The molecule has 0 radical (unpaired) electrons. The fraction of sp³-hybridized carbons (Fsp3) is 0.400. The molecule has 0 saturated heterocycles.